The van der Waals surface area contributed by atoms with Crippen LogP contribution in [0.1, 0.15) is 0 Å². The Bertz CT molecular complexity index is 770. The van der Waals surface area contributed by atoms with Gasteiger partial charge >= 0.3 is 0 Å². The van der Waals surface area contributed by atoms with Crippen LogP contribution < -0.4 is 10.6 Å². The summed E-state index contributed by atoms with van der Waals surface area (Å²) in [5, 5.41) is 25.4. The highest BCUT2D eigenvalue weighted by atomic mass is 35.5. The van der Waals surface area contributed by atoms with Crippen molar-refractivity contribution in [1.29, 1.82) is 5.26 Å². The lowest BCUT2D eigenvalue weighted by molar-refractivity contribution is -0.384. The molecule has 2 N–H and O–H groups in total. The lowest BCUT2D eigenvalue weighted by Gasteiger charge is -2.09. The van der Waals surface area contributed by atoms with Crippen molar-refractivity contribution in [3.8, 4) is 6.19 Å². The third-order valence-corrected chi connectivity index (χ3v) is 2.94. The fraction of sp³-hybridized carbons (Fsp3) is 0. The number of halogens is 1. The van der Waals surface area contributed by atoms with Gasteiger partial charge in [-0.1, -0.05) is 35.9 Å². The van der Waals surface area contributed by atoms with Crippen molar-refractivity contribution < 1.29 is 4.92 Å². The van der Waals surface area contributed by atoms with E-state index in [9.17, 15) is 10.1 Å². The van der Waals surface area contributed by atoms with Gasteiger partial charge in [0.15, 0.2) is 6.19 Å². The largest absolute Gasteiger partial charge is 0.324 e. The Labute approximate surface area is 131 Å². The van der Waals surface area contributed by atoms with Crippen molar-refractivity contribution in [1.82, 2.24) is 5.32 Å². The molecule has 0 radical (unpaired) electrons. The van der Waals surface area contributed by atoms with Crippen molar-refractivity contribution in [3.63, 3.8) is 0 Å². The fourth-order valence-electron chi connectivity index (χ4n) is 1.66. The summed E-state index contributed by atoms with van der Waals surface area (Å²) in [5.74, 6) is 0.0323. The molecular formula is C14H10ClN5O2. The van der Waals surface area contributed by atoms with E-state index in [0.717, 1.165) is 0 Å². The summed E-state index contributed by atoms with van der Waals surface area (Å²) in [6.45, 7) is 0. The first-order chi connectivity index (χ1) is 10.6. The molecule has 0 aliphatic carbocycles. The predicted molar refractivity (Wildman–Crippen MR) is 84.0 cm³/mol. The third kappa shape index (κ3) is 3.71. The molecule has 0 saturated carbocycles. The number of nitro benzene ring substituents is 1. The van der Waals surface area contributed by atoms with Gasteiger partial charge in [0.1, 0.15) is 5.69 Å². The van der Waals surface area contributed by atoms with Crippen molar-refractivity contribution in [2.45, 2.75) is 0 Å². The van der Waals surface area contributed by atoms with E-state index in [4.69, 9.17) is 16.9 Å². The molecule has 110 valence electrons. The lowest BCUT2D eigenvalue weighted by atomic mass is 10.3. The zero-order valence-corrected chi connectivity index (χ0v) is 11.9. The van der Waals surface area contributed by atoms with Crippen LogP contribution in [-0.2, 0) is 0 Å². The van der Waals surface area contributed by atoms with Gasteiger partial charge in [-0.05, 0) is 18.2 Å². The van der Waals surface area contributed by atoms with E-state index in [1.165, 1.54) is 18.2 Å². The minimum atomic E-state index is -0.543. The summed E-state index contributed by atoms with van der Waals surface area (Å²) >= 11 is 6.02. The van der Waals surface area contributed by atoms with Crippen LogP contribution in [0, 0.1) is 21.6 Å². The van der Waals surface area contributed by atoms with Crippen LogP contribution in [0.2, 0.25) is 5.02 Å². The lowest BCUT2D eigenvalue weighted by Crippen LogP contribution is -2.26. The van der Waals surface area contributed by atoms with Crippen molar-refractivity contribution in [3.05, 3.63) is 63.7 Å². The number of nitrogens with one attached hydrogen (secondary N) is 2. The number of aliphatic imine (C=N–C) groups is 1. The number of nitriles is 1. The normalized spacial score (nSPS) is 10.6. The van der Waals surface area contributed by atoms with E-state index < -0.39 is 4.92 Å². The van der Waals surface area contributed by atoms with Crippen molar-refractivity contribution in [2.75, 3.05) is 5.32 Å². The van der Waals surface area contributed by atoms with Gasteiger partial charge in [0, 0.05) is 6.07 Å². The van der Waals surface area contributed by atoms with Crippen LogP contribution >= 0.6 is 11.6 Å². The second-order valence-corrected chi connectivity index (χ2v) is 4.46. The number of anilines is 1. The van der Waals surface area contributed by atoms with Gasteiger partial charge in [-0.2, -0.15) is 5.26 Å². The van der Waals surface area contributed by atoms with E-state index in [0.29, 0.717) is 10.7 Å². The monoisotopic (exact) mass is 315 g/mol. The Kier molecular flexibility index (Phi) is 4.90. The molecule has 0 spiro atoms. The first-order valence-corrected chi connectivity index (χ1v) is 6.48. The molecule has 7 nitrogen and oxygen atoms in total. The van der Waals surface area contributed by atoms with E-state index >= 15 is 0 Å². The second-order valence-electron chi connectivity index (χ2n) is 4.05. The number of hydrogen-bond acceptors (Lipinski definition) is 4. The van der Waals surface area contributed by atoms with Crippen LogP contribution in [0.25, 0.3) is 0 Å². The van der Waals surface area contributed by atoms with Gasteiger partial charge in [0.25, 0.3) is 5.69 Å². The maximum atomic E-state index is 11.0. The molecule has 0 heterocycles. The van der Waals surface area contributed by atoms with Crippen LogP contribution in [0.5, 0.6) is 0 Å². The zero-order chi connectivity index (χ0) is 15.9. The molecule has 0 aromatic heterocycles. The van der Waals surface area contributed by atoms with Gasteiger partial charge in [-0.25, -0.2) is 4.99 Å². The fourth-order valence-corrected chi connectivity index (χ4v) is 1.85. The Hall–Kier alpha value is -3.11. The second kappa shape index (κ2) is 7.06. The maximum Gasteiger partial charge on any atom is 0.294 e. The number of nitro groups is 1. The molecule has 2 aromatic carbocycles. The minimum absolute atomic E-state index is 0.0323. The molecule has 2 rings (SSSR count). The Morgan fingerprint density at radius 3 is 2.59 bits per heavy atom. The van der Waals surface area contributed by atoms with Gasteiger partial charge in [0.2, 0.25) is 5.96 Å². The first-order valence-electron chi connectivity index (χ1n) is 6.10. The third-order valence-electron chi connectivity index (χ3n) is 2.61. The quantitative estimate of drug-likeness (QED) is 0.225. The minimum Gasteiger partial charge on any atom is -0.324 e. The number of rotatable bonds is 3. The van der Waals surface area contributed by atoms with Crippen LogP contribution in [0.3, 0.4) is 0 Å². The number of hydrogen-bond donors (Lipinski definition) is 2. The Morgan fingerprint density at radius 1 is 1.23 bits per heavy atom. The van der Waals surface area contributed by atoms with Crippen molar-refractivity contribution in [2.24, 2.45) is 4.99 Å². The molecule has 8 heteroatoms. The highest BCUT2D eigenvalue weighted by Gasteiger charge is 2.13. The smallest absolute Gasteiger partial charge is 0.294 e. The summed E-state index contributed by atoms with van der Waals surface area (Å²) in [7, 11) is 0. The van der Waals surface area contributed by atoms with Gasteiger partial charge in [-0.15, -0.1) is 0 Å². The molecule has 2 aromatic rings. The van der Waals surface area contributed by atoms with E-state index in [-0.39, 0.29) is 17.3 Å². The van der Waals surface area contributed by atoms with E-state index in [2.05, 4.69) is 15.6 Å². The number of guanidine groups is 1. The molecule has 0 fully saturated rings. The van der Waals surface area contributed by atoms with Crippen LogP contribution in [0.15, 0.2) is 53.5 Å². The average Bonchev–Trinajstić information content (AvgIpc) is 2.50. The van der Waals surface area contributed by atoms with Crippen molar-refractivity contribution >= 4 is 34.6 Å². The molecule has 22 heavy (non-hydrogen) atoms. The number of nitrogens with zero attached hydrogens (tertiary/aromatic N) is 3. The Balaban J connectivity index is 2.38. The highest BCUT2D eigenvalue weighted by Crippen LogP contribution is 2.27. The summed E-state index contributed by atoms with van der Waals surface area (Å²) in [6, 6.07) is 12.8. The van der Waals surface area contributed by atoms with Gasteiger partial charge in [-0.3, -0.25) is 15.4 Å². The first kappa shape index (κ1) is 15.3. The zero-order valence-electron chi connectivity index (χ0n) is 11.2. The molecule has 0 aliphatic heterocycles. The molecular weight excluding hydrogens is 306 g/mol. The molecule has 0 saturated heterocycles. The van der Waals surface area contributed by atoms with E-state index in [1.807, 2.05) is 0 Å². The standard InChI is InChI=1S/C14H10ClN5O2/c15-10-5-1-2-6-11(10)18-14(17-9-16)19-12-7-3-4-8-13(12)20(21)22/h1-8H,(H2,17,18,19). The molecule has 0 aliphatic rings. The summed E-state index contributed by atoms with van der Waals surface area (Å²) in [4.78, 5) is 14.5. The summed E-state index contributed by atoms with van der Waals surface area (Å²) in [6.07, 6.45) is 1.72. The van der Waals surface area contributed by atoms with Gasteiger partial charge in [0.05, 0.1) is 15.6 Å². The summed E-state index contributed by atoms with van der Waals surface area (Å²) in [5.41, 5.74) is 0.467. The van der Waals surface area contributed by atoms with Gasteiger partial charge < -0.3 is 5.32 Å². The van der Waals surface area contributed by atoms with Crippen LogP contribution in [0.4, 0.5) is 17.1 Å². The topological polar surface area (TPSA) is 103 Å². The maximum absolute atomic E-state index is 11.0. The highest BCUT2D eigenvalue weighted by molar-refractivity contribution is 6.33. The Morgan fingerprint density at radius 2 is 1.91 bits per heavy atom. The number of para-hydroxylation sites is 3. The SMILES string of the molecule is N#CNC(=Nc1ccccc1[N+](=O)[O-])Nc1ccccc1Cl. The molecule has 0 bridgehead atoms. The predicted octanol–water partition coefficient (Wildman–Crippen LogP) is 3.42. The van der Waals surface area contributed by atoms with Crippen LogP contribution in [-0.4, -0.2) is 10.9 Å². The van der Waals surface area contributed by atoms with E-state index in [1.54, 1.807) is 36.5 Å². The molecule has 0 unspecified atom stereocenters. The average molecular weight is 316 g/mol. The number of benzene rings is 2. The summed E-state index contributed by atoms with van der Waals surface area (Å²) < 4.78 is 0. The molecule has 0 amide bonds. The molecule has 0 atom stereocenters.